The first-order valence-corrected chi connectivity index (χ1v) is 8.55. The van der Waals surface area contributed by atoms with E-state index in [-0.39, 0.29) is 5.75 Å². The van der Waals surface area contributed by atoms with Crippen molar-refractivity contribution in [3.63, 3.8) is 0 Å². The Morgan fingerprint density at radius 2 is 2.11 bits per heavy atom. The van der Waals surface area contributed by atoms with Gasteiger partial charge in [-0.25, -0.2) is 8.42 Å². The van der Waals surface area contributed by atoms with Gasteiger partial charge in [-0.05, 0) is 19.1 Å². The SMILES string of the molecule is COc1cccc(SCCS(C)(=O)=O)c1C(C)O. The van der Waals surface area contributed by atoms with Gasteiger partial charge >= 0.3 is 0 Å². The molecular formula is C12H18O4S2. The molecule has 0 saturated carbocycles. The zero-order chi connectivity index (χ0) is 13.8. The fourth-order valence-corrected chi connectivity index (χ4v) is 3.91. The number of hydrogen-bond acceptors (Lipinski definition) is 5. The second-order valence-corrected chi connectivity index (χ2v) is 7.42. The minimum Gasteiger partial charge on any atom is -0.496 e. The van der Waals surface area contributed by atoms with E-state index in [9.17, 15) is 13.5 Å². The fraction of sp³-hybridized carbons (Fsp3) is 0.500. The van der Waals surface area contributed by atoms with Crippen molar-refractivity contribution >= 4 is 21.6 Å². The summed E-state index contributed by atoms with van der Waals surface area (Å²) in [5.41, 5.74) is 0.707. The molecule has 0 saturated heterocycles. The highest BCUT2D eigenvalue weighted by atomic mass is 32.2. The summed E-state index contributed by atoms with van der Waals surface area (Å²) < 4.78 is 27.4. The van der Waals surface area contributed by atoms with Gasteiger partial charge in [-0.15, -0.1) is 11.8 Å². The highest BCUT2D eigenvalue weighted by Gasteiger charge is 2.14. The van der Waals surface area contributed by atoms with Crippen LogP contribution < -0.4 is 4.74 Å². The second-order valence-electron chi connectivity index (χ2n) is 4.03. The van der Waals surface area contributed by atoms with Crippen LogP contribution in [0.1, 0.15) is 18.6 Å². The van der Waals surface area contributed by atoms with E-state index in [1.54, 1.807) is 20.1 Å². The molecule has 0 spiro atoms. The van der Waals surface area contributed by atoms with E-state index in [0.29, 0.717) is 17.1 Å². The molecular weight excluding hydrogens is 272 g/mol. The molecule has 0 aliphatic carbocycles. The molecule has 0 aliphatic rings. The maximum Gasteiger partial charge on any atom is 0.148 e. The lowest BCUT2D eigenvalue weighted by atomic mass is 10.1. The van der Waals surface area contributed by atoms with Crippen LogP contribution in [0.4, 0.5) is 0 Å². The summed E-state index contributed by atoms with van der Waals surface area (Å²) in [6.45, 7) is 1.67. The van der Waals surface area contributed by atoms with Crippen molar-refractivity contribution in [2.24, 2.45) is 0 Å². The molecule has 1 atom stereocenters. The second kappa shape index (κ2) is 6.45. The minimum atomic E-state index is -2.96. The van der Waals surface area contributed by atoms with Crippen LogP contribution in [0.5, 0.6) is 5.75 Å². The van der Waals surface area contributed by atoms with E-state index >= 15 is 0 Å². The minimum absolute atomic E-state index is 0.119. The number of hydrogen-bond donors (Lipinski definition) is 1. The molecule has 1 aromatic carbocycles. The van der Waals surface area contributed by atoms with Crippen LogP contribution in [-0.2, 0) is 9.84 Å². The zero-order valence-corrected chi connectivity index (χ0v) is 12.3. The summed E-state index contributed by atoms with van der Waals surface area (Å²) in [6.07, 6.45) is 0.566. The lowest BCUT2D eigenvalue weighted by Crippen LogP contribution is -2.06. The Hall–Kier alpha value is -0.720. The van der Waals surface area contributed by atoms with Crippen molar-refractivity contribution in [2.45, 2.75) is 17.9 Å². The zero-order valence-electron chi connectivity index (χ0n) is 10.7. The van der Waals surface area contributed by atoms with E-state index in [1.165, 1.54) is 18.0 Å². The third-order valence-electron chi connectivity index (χ3n) is 2.38. The Morgan fingerprint density at radius 3 is 2.61 bits per heavy atom. The van der Waals surface area contributed by atoms with Crippen LogP contribution in [-0.4, -0.2) is 38.4 Å². The molecule has 102 valence electrons. The predicted octanol–water partition coefficient (Wildman–Crippen LogP) is 1.89. The van der Waals surface area contributed by atoms with Gasteiger partial charge in [0.15, 0.2) is 0 Å². The molecule has 0 radical (unpaired) electrons. The Morgan fingerprint density at radius 1 is 1.44 bits per heavy atom. The molecule has 1 aromatic rings. The van der Waals surface area contributed by atoms with E-state index in [1.807, 2.05) is 12.1 Å². The molecule has 18 heavy (non-hydrogen) atoms. The fourth-order valence-electron chi connectivity index (χ4n) is 1.54. The lowest BCUT2D eigenvalue weighted by Gasteiger charge is -2.15. The van der Waals surface area contributed by atoms with E-state index in [2.05, 4.69) is 0 Å². The normalized spacial score (nSPS) is 13.3. The number of sulfone groups is 1. The molecule has 0 amide bonds. The first-order chi connectivity index (χ1) is 8.35. The summed E-state index contributed by atoms with van der Waals surface area (Å²) in [6, 6.07) is 5.47. The summed E-state index contributed by atoms with van der Waals surface area (Å²) in [5.74, 6) is 1.20. The van der Waals surface area contributed by atoms with Crippen molar-refractivity contribution < 1.29 is 18.3 Å². The smallest absolute Gasteiger partial charge is 0.148 e. The Bertz CT molecular complexity index is 495. The number of aliphatic hydroxyl groups excluding tert-OH is 1. The van der Waals surface area contributed by atoms with Crippen LogP contribution >= 0.6 is 11.8 Å². The molecule has 0 aromatic heterocycles. The number of ether oxygens (including phenoxy) is 1. The van der Waals surface area contributed by atoms with Crippen molar-refractivity contribution in [3.05, 3.63) is 23.8 Å². The molecule has 4 nitrogen and oxygen atoms in total. The standard InChI is InChI=1S/C12H18O4S2/c1-9(13)12-10(16-2)5-4-6-11(12)17-7-8-18(3,14)15/h4-6,9,13H,7-8H2,1-3H3. The van der Waals surface area contributed by atoms with Gasteiger partial charge in [0.05, 0.1) is 19.0 Å². The van der Waals surface area contributed by atoms with E-state index < -0.39 is 15.9 Å². The third kappa shape index (κ3) is 4.51. The van der Waals surface area contributed by atoms with Crippen LogP contribution in [0.15, 0.2) is 23.1 Å². The van der Waals surface area contributed by atoms with Crippen LogP contribution in [0.3, 0.4) is 0 Å². The van der Waals surface area contributed by atoms with Gasteiger partial charge in [0.1, 0.15) is 15.6 Å². The summed E-state index contributed by atoms with van der Waals surface area (Å²) in [7, 11) is -1.41. The highest BCUT2D eigenvalue weighted by molar-refractivity contribution is 8.00. The summed E-state index contributed by atoms with van der Waals surface area (Å²) >= 11 is 1.41. The van der Waals surface area contributed by atoms with Gasteiger partial charge in [0.2, 0.25) is 0 Å². The Kier molecular flexibility index (Phi) is 5.49. The average molecular weight is 290 g/mol. The monoisotopic (exact) mass is 290 g/mol. The van der Waals surface area contributed by atoms with Crippen molar-refractivity contribution in [3.8, 4) is 5.75 Å². The molecule has 0 heterocycles. The van der Waals surface area contributed by atoms with Gasteiger partial charge < -0.3 is 9.84 Å². The van der Waals surface area contributed by atoms with Crippen molar-refractivity contribution in [1.82, 2.24) is 0 Å². The first kappa shape index (κ1) is 15.3. The van der Waals surface area contributed by atoms with Crippen molar-refractivity contribution in [2.75, 3.05) is 24.9 Å². The van der Waals surface area contributed by atoms with Gasteiger partial charge in [-0.3, -0.25) is 0 Å². The lowest BCUT2D eigenvalue weighted by molar-refractivity contribution is 0.191. The molecule has 1 rings (SSSR count). The molecule has 1 N–H and O–H groups in total. The van der Waals surface area contributed by atoms with Crippen LogP contribution in [0, 0.1) is 0 Å². The van der Waals surface area contributed by atoms with Gasteiger partial charge in [0.25, 0.3) is 0 Å². The van der Waals surface area contributed by atoms with Crippen LogP contribution in [0.25, 0.3) is 0 Å². The molecule has 1 unspecified atom stereocenters. The maximum atomic E-state index is 11.1. The number of thioether (sulfide) groups is 1. The average Bonchev–Trinajstić information content (AvgIpc) is 2.26. The topological polar surface area (TPSA) is 63.6 Å². The number of aliphatic hydroxyl groups is 1. The van der Waals surface area contributed by atoms with Crippen LogP contribution in [0.2, 0.25) is 0 Å². The van der Waals surface area contributed by atoms with Gasteiger partial charge in [0, 0.05) is 22.5 Å². The summed E-state index contributed by atoms with van der Waals surface area (Å²) in [5, 5.41) is 9.76. The largest absolute Gasteiger partial charge is 0.496 e. The van der Waals surface area contributed by atoms with E-state index in [4.69, 9.17) is 4.74 Å². The molecule has 6 heteroatoms. The predicted molar refractivity (Wildman–Crippen MR) is 74.1 cm³/mol. The van der Waals surface area contributed by atoms with Gasteiger partial charge in [-0.2, -0.15) is 0 Å². The molecule has 0 aliphatic heterocycles. The number of methoxy groups -OCH3 is 1. The van der Waals surface area contributed by atoms with Crippen molar-refractivity contribution in [1.29, 1.82) is 0 Å². The first-order valence-electron chi connectivity index (χ1n) is 5.50. The Labute approximate surface area is 112 Å². The van der Waals surface area contributed by atoms with E-state index in [0.717, 1.165) is 4.90 Å². The molecule has 0 bridgehead atoms. The maximum absolute atomic E-state index is 11.1. The Balaban J connectivity index is 2.88. The third-order valence-corrected chi connectivity index (χ3v) is 4.65. The van der Waals surface area contributed by atoms with Gasteiger partial charge in [-0.1, -0.05) is 6.07 Å². The molecule has 0 fully saturated rings. The quantitative estimate of drug-likeness (QED) is 0.811. The number of benzene rings is 1. The number of rotatable bonds is 6. The summed E-state index contributed by atoms with van der Waals surface area (Å²) in [4.78, 5) is 0.855. The highest BCUT2D eigenvalue weighted by Crippen LogP contribution is 2.34.